The number of methoxy groups -OCH3 is 2. The van der Waals surface area contributed by atoms with Crippen molar-refractivity contribution in [2.24, 2.45) is 0 Å². The van der Waals surface area contributed by atoms with Crippen molar-refractivity contribution < 1.29 is 29.4 Å². The summed E-state index contributed by atoms with van der Waals surface area (Å²) < 4.78 is 10.4. The predicted molar refractivity (Wildman–Crippen MR) is 87.1 cm³/mol. The minimum absolute atomic E-state index is 0.175. The van der Waals surface area contributed by atoms with Crippen LogP contribution in [0.1, 0.15) is 33.4 Å². The molecule has 7 heteroatoms. The fraction of sp³-hybridized carbons (Fsp3) is 0.222. The molecule has 1 heterocycles. The summed E-state index contributed by atoms with van der Waals surface area (Å²) >= 11 is 0. The van der Waals surface area contributed by atoms with Gasteiger partial charge in [0.1, 0.15) is 12.0 Å². The van der Waals surface area contributed by atoms with Crippen LogP contribution in [0.2, 0.25) is 0 Å². The third-order valence-corrected chi connectivity index (χ3v) is 4.33. The third-order valence-electron chi connectivity index (χ3n) is 4.33. The van der Waals surface area contributed by atoms with Crippen LogP contribution in [0.25, 0.3) is 0 Å². The standard InChI is InChI=1S/C18H17NO6/c1-24-13-8-7-10(9-14(13)25-2)16-15(18(21)22)11-5-3-4-6-12(11)17(20)19(16)23/h3-9,15-16,23H,1-2H3,(H,21,22)/t15-,16+/m0/s1. The normalized spacial score (nSPS) is 19.3. The quantitative estimate of drug-likeness (QED) is 0.828. The van der Waals surface area contributed by atoms with Crippen LogP contribution >= 0.6 is 0 Å². The highest BCUT2D eigenvalue weighted by atomic mass is 16.5. The lowest BCUT2D eigenvalue weighted by molar-refractivity contribution is -0.148. The zero-order valence-corrected chi connectivity index (χ0v) is 13.7. The van der Waals surface area contributed by atoms with E-state index in [2.05, 4.69) is 0 Å². The van der Waals surface area contributed by atoms with E-state index in [9.17, 15) is 19.9 Å². The van der Waals surface area contributed by atoms with E-state index in [4.69, 9.17) is 9.47 Å². The first-order valence-corrected chi connectivity index (χ1v) is 7.55. The molecule has 1 amide bonds. The van der Waals surface area contributed by atoms with E-state index in [0.717, 1.165) is 0 Å². The first kappa shape index (κ1) is 16.8. The number of aliphatic carboxylic acids is 1. The number of carbonyl (C=O) groups is 2. The van der Waals surface area contributed by atoms with Crippen molar-refractivity contribution in [3.8, 4) is 11.5 Å². The van der Waals surface area contributed by atoms with Gasteiger partial charge in [-0.15, -0.1) is 0 Å². The summed E-state index contributed by atoms with van der Waals surface area (Å²) in [6.45, 7) is 0. The molecule has 0 fully saturated rings. The molecule has 0 saturated heterocycles. The van der Waals surface area contributed by atoms with E-state index in [1.165, 1.54) is 20.3 Å². The van der Waals surface area contributed by atoms with Crippen LogP contribution in [0.5, 0.6) is 11.5 Å². The highest BCUT2D eigenvalue weighted by Crippen LogP contribution is 2.43. The minimum atomic E-state index is -1.14. The summed E-state index contributed by atoms with van der Waals surface area (Å²) in [7, 11) is 2.94. The van der Waals surface area contributed by atoms with E-state index in [1.54, 1.807) is 36.4 Å². The second-order valence-corrected chi connectivity index (χ2v) is 5.61. The van der Waals surface area contributed by atoms with Crippen LogP contribution in [-0.2, 0) is 4.79 Å². The van der Waals surface area contributed by atoms with Crippen LogP contribution < -0.4 is 9.47 Å². The molecular formula is C18H17NO6. The van der Waals surface area contributed by atoms with Crippen molar-refractivity contribution >= 4 is 11.9 Å². The van der Waals surface area contributed by atoms with Crippen molar-refractivity contribution in [3.05, 3.63) is 59.2 Å². The summed E-state index contributed by atoms with van der Waals surface area (Å²) in [5, 5.41) is 20.6. The Morgan fingerprint density at radius 3 is 2.40 bits per heavy atom. The van der Waals surface area contributed by atoms with Crippen LogP contribution in [0.4, 0.5) is 0 Å². The number of carboxylic acid groups (broad SMARTS) is 1. The van der Waals surface area contributed by atoms with Crippen molar-refractivity contribution in [3.63, 3.8) is 0 Å². The summed E-state index contributed by atoms with van der Waals surface area (Å²) in [6.07, 6.45) is 0. The number of carboxylic acids is 1. The molecule has 2 aromatic rings. The van der Waals surface area contributed by atoms with Gasteiger partial charge in [-0.1, -0.05) is 24.3 Å². The number of fused-ring (bicyclic) bond motifs is 1. The number of rotatable bonds is 4. The lowest BCUT2D eigenvalue weighted by Gasteiger charge is -2.36. The second-order valence-electron chi connectivity index (χ2n) is 5.61. The van der Waals surface area contributed by atoms with Crippen LogP contribution in [0.15, 0.2) is 42.5 Å². The Kier molecular flexibility index (Phi) is 4.33. The Bertz CT molecular complexity index is 834. The van der Waals surface area contributed by atoms with Gasteiger partial charge in [0.2, 0.25) is 0 Å². The number of nitrogens with zero attached hydrogens (tertiary/aromatic N) is 1. The highest BCUT2D eigenvalue weighted by molar-refractivity contribution is 5.99. The molecule has 7 nitrogen and oxygen atoms in total. The van der Waals surface area contributed by atoms with Crippen molar-refractivity contribution in [1.29, 1.82) is 0 Å². The fourth-order valence-corrected chi connectivity index (χ4v) is 3.16. The van der Waals surface area contributed by atoms with Gasteiger partial charge in [-0.3, -0.25) is 14.8 Å². The summed E-state index contributed by atoms with van der Waals surface area (Å²) in [5.41, 5.74) is 0.967. The lowest BCUT2D eigenvalue weighted by Crippen LogP contribution is -2.43. The summed E-state index contributed by atoms with van der Waals surface area (Å²) in [5.74, 6) is -2.06. The molecule has 0 saturated carbocycles. The molecule has 0 aromatic heterocycles. The zero-order chi connectivity index (χ0) is 18.1. The minimum Gasteiger partial charge on any atom is -0.493 e. The molecule has 3 rings (SSSR count). The number of benzene rings is 2. The molecular weight excluding hydrogens is 326 g/mol. The highest BCUT2D eigenvalue weighted by Gasteiger charge is 2.44. The Morgan fingerprint density at radius 2 is 1.76 bits per heavy atom. The molecule has 1 aliphatic rings. The van der Waals surface area contributed by atoms with Gasteiger partial charge in [0.25, 0.3) is 5.91 Å². The SMILES string of the molecule is COc1ccc([C@@H]2[C@@H](C(=O)O)c3ccccc3C(=O)N2O)cc1OC. The van der Waals surface area contributed by atoms with Gasteiger partial charge >= 0.3 is 5.97 Å². The van der Waals surface area contributed by atoms with Crippen LogP contribution in [0, 0.1) is 0 Å². The lowest BCUT2D eigenvalue weighted by atomic mass is 9.81. The van der Waals surface area contributed by atoms with Gasteiger partial charge in [0.15, 0.2) is 11.5 Å². The molecule has 25 heavy (non-hydrogen) atoms. The van der Waals surface area contributed by atoms with E-state index in [-0.39, 0.29) is 5.56 Å². The molecule has 130 valence electrons. The number of hydrogen-bond acceptors (Lipinski definition) is 5. The van der Waals surface area contributed by atoms with E-state index < -0.39 is 23.8 Å². The topological polar surface area (TPSA) is 96.3 Å². The first-order valence-electron chi connectivity index (χ1n) is 7.55. The average molecular weight is 343 g/mol. The molecule has 2 aromatic carbocycles. The number of hydroxylamine groups is 2. The molecule has 0 spiro atoms. The van der Waals surface area contributed by atoms with E-state index >= 15 is 0 Å². The van der Waals surface area contributed by atoms with Gasteiger partial charge in [-0.05, 0) is 29.3 Å². The van der Waals surface area contributed by atoms with Gasteiger partial charge in [0.05, 0.1) is 14.2 Å². The maximum Gasteiger partial charge on any atom is 0.313 e. The van der Waals surface area contributed by atoms with Crippen molar-refractivity contribution in [2.45, 2.75) is 12.0 Å². The largest absolute Gasteiger partial charge is 0.493 e. The molecule has 0 unspecified atom stereocenters. The smallest absolute Gasteiger partial charge is 0.313 e. The van der Waals surface area contributed by atoms with Crippen LogP contribution in [-0.4, -0.2) is 41.5 Å². The Balaban J connectivity index is 2.17. The van der Waals surface area contributed by atoms with Gasteiger partial charge in [-0.2, -0.15) is 0 Å². The predicted octanol–water partition coefficient (Wildman–Crippen LogP) is 2.46. The van der Waals surface area contributed by atoms with Crippen molar-refractivity contribution in [2.75, 3.05) is 14.2 Å². The molecule has 0 bridgehead atoms. The number of hydrogen-bond donors (Lipinski definition) is 2. The van der Waals surface area contributed by atoms with Gasteiger partial charge in [-0.25, -0.2) is 5.06 Å². The van der Waals surface area contributed by atoms with Crippen molar-refractivity contribution in [1.82, 2.24) is 5.06 Å². The Morgan fingerprint density at radius 1 is 1.08 bits per heavy atom. The maximum absolute atomic E-state index is 12.5. The first-order chi connectivity index (χ1) is 12.0. The molecule has 2 atom stereocenters. The fourth-order valence-electron chi connectivity index (χ4n) is 3.16. The average Bonchev–Trinajstić information content (AvgIpc) is 2.63. The molecule has 0 radical (unpaired) electrons. The van der Waals surface area contributed by atoms with E-state index in [0.29, 0.717) is 27.7 Å². The Hall–Kier alpha value is -3.06. The molecule has 0 aliphatic carbocycles. The second kappa shape index (κ2) is 6.45. The van der Waals surface area contributed by atoms with Gasteiger partial charge < -0.3 is 14.6 Å². The van der Waals surface area contributed by atoms with Gasteiger partial charge in [0, 0.05) is 5.56 Å². The number of ether oxygens (including phenoxy) is 2. The number of amides is 1. The van der Waals surface area contributed by atoms with E-state index in [1.807, 2.05) is 0 Å². The number of carbonyl (C=O) groups excluding carboxylic acids is 1. The Labute approximate surface area is 144 Å². The summed E-state index contributed by atoms with van der Waals surface area (Å²) in [4.78, 5) is 24.4. The molecule has 2 N–H and O–H groups in total. The maximum atomic E-state index is 12.5. The van der Waals surface area contributed by atoms with Crippen LogP contribution in [0.3, 0.4) is 0 Å². The molecule has 1 aliphatic heterocycles. The zero-order valence-electron chi connectivity index (χ0n) is 13.7. The monoisotopic (exact) mass is 343 g/mol. The third kappa shape index (κ3) is 2.68. The summed E-state index contributed by atoms with van der Waals surface area (Å²) in [6, 6.07) is 10.1.